The molecule has 8 unspecified atom stereocenters. The second kappa shape index (κ2) is 21.6. The number of piperazine rings is 2. The molecule has 9 nitrogen and oxygen atoms in total. The van der Waals surface area contributed by atoms with Crippen LogP contribution in [-0.4, -0.2) is 214 Å². The third-order valence-electron chi connectivity index (χ3n) is 18.5. The number of hydrogen-bond donors (Lipinski definition) is 0. The highest BCUT2D eigenvalue weighted by molar-refractivity contribution is 5.04. The SMILES string of the molecule is C.CC(C)(C)N1CCC2CCC1C2.CC(C)(C)N1CCN2CCC1CC2.CN1C2CCC1CN(C(C)(C)C)C2.CN1CC2(C)CN(C(C)(C)C)CC(C)(C1)C2.CN1CC2CC1CN2C(C)(C)C. The summed E-state index contributed by atoms with van der Waals surface area (Å²) < 4.78 is 0. The van der Waals surface area contributed by atoms with Crippen molar-refractivity contribution in [2.45, 2.75) is 253 Å². The van der Waals surface area contributed by atoms with E-state index in [0.29, 0.717) is 38.5 Å². The standard InChI is InChI=1S/C14H28N2.2C11H22N2.C11H21N.C10H20N2.CH4/c1-12(2,3)16-10-13(4)7-14(5,11-16)9-15(6)8-13;1-11(2,3)13-7-9-5-6-10(8-13)12(9)4;1-11(2,3)13-9-8-12-6-4-10(13)5-7-12;1-11(2,3)12-7-6-9-4-5-10(12)8-9;1-10(2,3)12-7-8-5-9(12)6-11(8)4;/h7-11H2,1-6H3;9-10H,5-8H2,1-4H3;10H,4-9H2,1-3H3;9-10H,4-8H2,1-3H3;8-9H,5-7H2,1-4H3;1H4. The summed E-state index contributed by atoms with van der Waals surface area (Å²) in [4.78, 5) is 23.7. The molecule has 8 atom stereocenters. The minimum atomic E-state index is 0. The molecule has 11 fully saturated rings. The topological polar surface area (TPSA) is 29.2 Å². The predicted octanol–water partition coefficient (Wildman–Crippen LogP) is 10.0. The number of fused-ring (bicyclic) bond motifs is 12. The summed E-state index contributed by atoms with van der Waals surface area (Å²) >= 11 is 0. The summed E-state index contributed by atoms with van der Waals surface area (Å²) in [6, 6.07) is 5.12. The van der Waals surface area contributed by atoms with Crippen molar-refractivity contribution < 1.29 is 0 Å². The van der Waals surface area contributed by atoms with E-state index in [4.69, 9.17) is 0 Å². The van der Waals surface area contributed by atoms with Crippen LogP contribution in [0.25, 0.3) is 0 Å². The van der Waals surface area contributed by atoms with E-state index in [1.807, 2.05) is 0 Å². The number of likely N-dealkylation sites (tertiary alicyclic amines) is 6. The Kier molecular flexibility index (Phi) is 18.6. The van der Waals surface area contributed by atoms with Gasteiger partial charge in [-0.15, -0.1) is 0 Å². The van der Waals surface area contributed by atoms with Crippen molar-refractivity contribution in [3.8, 4) is 0 Å². The van der Waals surface area contributed by atoms with Gasteiger partial charge in [-0.05, 0) is 226 Å². The summed E-state index contributed by atoms with van der Waals surface area (Å²) in [6.45, 7) is 56.8. The maximum atomic E-state index is 2.72. The van der Waals surface area contributed by atoms with E-state index < -0.39 is 0 Å². The van der Waals surface area contributed by atoms with Crippen molar-refractivity contribution in [1.29, 1.82) is 0 Å². The summed E-state index contributed by atoms with van der Waals surface area (Å²) in [5.41, 5.74) is 2.81. The van der Waals surface area contributed by atoms with Crippen molar-refractivity contribution >= 4 is 0 Å². The molecule has 0 spiro atoms. The Morgan fingerprint density at radius 3 is 1.33 bits per heavy atom. The number of hydrogen-bond acceptors (Lipinski definition) is 9. The lowest BCUT2D eigenvalue weighted by Crippen LogP contribution is -2.64. The van der Waals surface area contributed by atoms with Crippen LogP contribution in [0.5, 0.6) is 0 Å². The highest BCUT2D eigenvalue weighted by Crippen LogP contribution is 2.47. The molecule has 0 aromatic rings. The van der Waals surface area contributed by atoms with Crippen LogP contribution in [0.1, 0.15) is 189 Å². The first-order valence-corrected chi connectivity index (χ1v) is 27.9. The molecule has 0 N–H and O–H groups in total. The summed E-state index contributed by atoms with van der Waals surface area (Å²) in [7, 11) is 6.83. The van der Waals surface area contributed by atoms with E-state index in [1.165, 1.54) is 149 Å². The van der Waals surface area contributed by atoms with Crippen LogP contribution >= 0.6 is 0 Å². The zero-order valence-electron chi connectivity index (χ0n) is 47.8. The van der Waals surface area contributed by atoms with E-state index in [9.17, 15) is 0 Å². The molecular formula is C58H117N9. The third-order valence-corrected chi connectivity index (χ3v) is 18.5. The van der Waals surface area contributed by atoms with Crippen molar-refractivity contribution in [2.75, 3.05) is 106 Å². The Morgan fingerprint density at radius 1 is 0.388 bits per heavy atom. The van der Waals surface area contributed by atoms with Crippen LogP contribution in [0.4, 0.5) is 0 Å². The number of likely N-dealkylation sites (N-methyl/N-ethyl adjacent to an activating group) is 2. The number of rotatable bonds is 0. The molecule has 0 aromatic carbocycles. The monoisotopic (exact) mass is 940 g/mol. The molecule has 9 heteroatoms. The molecule has 10 heterocycles. The average Bonchev–Trinajstić information content (AvgIpc) is 3.80. The van der Waals surface area contributed by atoms with Crippen LogP contribution in [0.2, 0.25) is 0 Å². The van der Waals surface area contributed by atoms with Gasteiger partial charge in [0.25, 0.3) is 0 Å². The predicted molar refractivity (Wildman–Crippen MR) is 292 cm³/mol. The lowest BCUT2D eigenvalue weighted by molar-refractivity contribution is -0.0930. The first-order chi connectivity index (χ1) is 30.2. The maximum absolute atomic E-state index is 2.72. The summed E-state index contributed by atoms with van der Waals surface area (Å²) in [6.07, 6.45) is 14.3. The summed E-state index contributed by atoms with van der Waals surface area (Å²) in [5.74, 6) is 1.08. The molecule has 10 saturated heterocycles. The first-order valence-electron chi connectivity index (χ1n) is 27.9. The fourth-order valence-electron chi connectivity index (χ4n) is 15.3. The van der Waals surface area contributed by atoms with Gasteiger partial charge in [-0.3, -0.25) is 29.4 Å². The highest BCUT2D eigenvalue weighted by atomic mass is 15.4. The molecule has 394 valence electrons. The second-order valence-electron chi connectivity index (χ2n) is 29.9. The summed E-state index contributed by atoms with van der Waals surface area (Å²) in [5, 5.41) is 0. The smallest absolute Gasteiger partial charge is 0.0244 e. The van der Waals surface area contributed by atoms with E-state index in [2.05, 4.69) is 183 Å². The van der Waals surface area contributed by atoms with Crippen LogP contribution in [-0.2, 0) is 0 Å². The zero-order valence-corrected chi connectivity index (χ0v) is 47.8. The molecule has 67 heavy (non-hydrogen) atoms. The van der Waals surface area contributed by atoms with Gasteiger partial charge in [0.1, 0.15) is 0 Å². The lowest BCUT2D eigenvalue weighted by atomic mass is 9.65. The maximum Gasteiger partial charge on any atom is 0.0244 e. The molecular weight excluding hydrogens is 823 g/mol. The molecule has 0 amide bonds. The van der Waals surface area contributed by atoms with Crippen molar-refractivity contribution in [3.05, 3.63) is 0 Å². The van der Waals surface area contributed by atoms with Crippen molar-refractivity contribution in [2.24, 2.45) is 16.7 Å². The second-order valence-corrected chi connectivity index (χ2v) is 29.9. The van der Waals surface area contributed by atoms with Gasteiger partial charge in [0, 0.05) is 129 Å². The van der Waals surface area contributed by atoms with Gasteiger partial charge >= 0.3 is 0 Å². The molecule has 1 aliphatic carbocycles. The first kappa shape index (κ1) is 57.5. The van der Waals surface area contributed by atoms with E-state index in [-0.39, 0.29) is 7.43 Å². The Balaban J connectivity index is 0.000000157. The van der Waals surface area contributed by atoms with E-state index in [0.717, 1.165) is 42.2 Å². The van der Waals surface area contributed by atoms with E-state index >= 15 is 0 Å². The van der Waals surface area contributed by atoms with Crippen molar-refractivity contribution in [3.63, 3.8) is 0 Å². The lowest BCUT2D eigenvalue weighted by Gasteiger charge is -2.59. The van der Waals surface area contributed by atoms with Crippen LogP contribution in [0.3, 0.4) is 0 Å². The number of nitrogens with zero attached hydrogens (tertiary/aromatic N) is 9. The van der Waals surface area contributed by atoms with Gasteiger partial charge < -0.3 is 14.7 Å². The van der Waals surface area contributed by atoms with E-state index in [1.54, 1.807) is 0 Å². The minimum Gasteiger partial charge on any atom is -0.305 e. The Bertz CT molecular complexity index is 1490. The fourth-order valence-corrected chi connectivity index (χ4v) is 15.3. The number of piperidine rings is 4. The molecule has 10 aliphatic heterocycles. The zero-order chi connectivity index (χ0) is 49.0. The normalized spacial score (nSPS) is 37.8. The molecule has 11 aliphatic rings. The van der Waals surface area contributed by atoms with Gasteiger partial charge in [-0.25, -0.2) is 0 Å². The van der Waals surface area contributed by atoms with Gasteiger partial charge in [-0.1, -0.05) is 21.3 Å². The molecule has 0 radical (unpaired) electrons. The Labute approximate surface area is 418 Å². The van der Waals surface area contributed by atoms with Crippen LogP contribution in [0.15, 0.2) is 0 Å². The van der Waals surface area contributed by atoms with Gasteiger partial charge in [0.15, 0.2) is 0 Å². The molecule has 10 bridgehead atoms. The molecule has 11 rings (SSSR count). The molecule has 0 aromatic heterocycles. The third kappa shape index (κ3) is 14.9. The molecule has 1 saturated carbocycles. The van der Waals surface area contributed by atoms with Gasteiger partial charge in [-0.2, -0.15) is 0 Å². The van der Waals surface area contributed by atoms with Crippen LogP contribution < -0.4 is 0 Å². The Hall–Kier alpha value is -0.360. The van der Waals surface area contributed by atoms with Gasteiger partial charge in [0.2, 0.25) is 0 Å². The average molecular weight is 941 g/mol. The van der Waals surface area contributed by atoms with Crippen LogP contribution in [0, 0.1) is 16.7 Å². The van der Waals surface area contributed by atoms with Gasteiger partial charge in [0.05, 0.1) is 0 Å². The Morgan fingerprint density at radius 2 is 0.881 bits per heavy atom. The van der Waals surface area contributed by atoms with Crippen molar-refractivity contribution in [1.82, 2.24) is 44.1 Å². The quantitative estimate of drug-likeness (QED) is 0.236. The minimum absolute atomic E-state index is 0. The largest absolute Gasteiger partial charge is 0.305 e. The highest BCUT2D eigenvalue weighted by Gasteiger charge is 2.50. The fraction of sp³-hybridized carbons (Fsp3) is 1.00.